The number of fused-ring (bicyclic) bond motifs is 2. The van der Waals surface area contributed by atoms with Gasteiger partial charge in [-0.2, -0.15) is 0 Å². The van der Waals surface area contributed by atoms with E-state index in [0.29, 0.717) is 6.42 Å². The van der Waals surface area contributed by atoms with Crippen LogP contribution in [0.15, 0.2) is 4.47 Å². The zero-order chi connectivity index (χ0) is 20.8. The van der Waals surface area contributed by atoms with E-state index in [1.165, 1.54) is 9.80 Å². The van der Waals surface area contributed by atoms with Crippen LogP contribution in [0.3, 0.4) is 0 Å². The number of ether oxygens (including phenoxy) is 2. The molecule has 1 aromatic rings. The molecule has 2 amide bonds. The van der Waals surface area contributed by atoms with Gasteiger partial charge < -0.3 is 19.3 Å². The Balaban J connectivity index is 1.89. The predicted octanol–water partition coefficient (Wildman–Crippen LogP) is 4.22. The summed E-state index contributed by atoms with van der Waals surface area (Å²) in [4.78, 5) is 28.3. The Hall–Kier alpha value is -1.61. The summed E-state index contributed by atoms with van der Waals surface area (Å²) in [5, 5.41) is -0.187. The van der Waals surface area contributed by atoms with Crippen LogP contribution in [0.4, 0.5) is 13.6 Å². The number of halogens is 4. The molecule has 2 aliphatic heterocycles. The number of piperazine rings is 1. The lowest BCUT2D eigenvalue weighted by Gasteiger charge is -2.42. The highest BCUT2D eigenvalue weighted by Gasteiger charge is 2.39. The van der Waals surface area contributed by atoms with Crippen LogP contribution in [-0.2, 0) is 4.74 Å². The molecule has 2 aliphatic rings. The molecule has 1 saturated heterocycles. The summed E-state index contributed by atoms with van der Waals surface area (Å²) >= 11 is 8.94. The Labute approximate surface area is 174 Å². The minimum Gasteiger partial charge on any atom is -0.491 e. The maximum absolute atomic E-state index is 14.6. The Morgan fingerprint density at radius 3 is 2.61 bits per heavy atom. The van der Waals surface area contributed by atoms with Crippen molar-refractivity contribution in [2.45, 2.75) is 38.8 Å². The normalized spacial score (nSPS) is 20.0. The number of rotatable bonds is 0. The topological polar surface area (TPSA) is 59.1 Å². The fourth-order valence-electron chi connectivity index (χ4n) is 3.24. The SMILES string of the molecule is CC(C)(C)OC(=O)N1CCN2C(=O)c3c(F)c(F)c(Br)c(Cl)c3OCC[C@H]2C1. The van der Waals surface area contributed by atoms with Gasteiger partial charge in [-0.3, -0.25) is 4.79 Å². The summed E-state index contributed by atoms with van der Waals surface area (Å²) in [5.74, 6) is -3.45. The third-order valence-corrected chi connectivity index (χ3v) is 5.86. The van der Waals surface area contributed by atoms with Crippen molar-refractivity contribution < 1.29 is 27.8 Å². The summed E-state index contributed by atoms with van der Waals surface area (Å²) in [5.41, 5.74) is -1.17. The van der Waals surface area contributed by atoms with Gasteiger partial charge in [0.05, 0.1) is 17.1 Å². The van der Waals surface area contributed by atoms with Crippen molar-refractivity contribution in [3.63, 3.8) is 0 Å². The molecule has 1 fully saturated rings. The Morgan fingerprint density at radius 2 is 1.96 bits per heavy atom. The van der Waals surface area contributed by atoms with Crippen LogP contribution in [0.1, 0.15) is 37.6 Å². The molecule has 1 aromatic carbocycles. The van der Waals surface area contributed by atoms with Crippen molar-refractivity contribution in [3.05, 3.63) is 26.7 Å². The van der Waals surface area contributed by atoms with Crippen LogP contribution in [0.2, 0.25) is 5.02 Å². The van der Waals surface area contributed by atoms with E-state index < -0.39 is 40.8 Å². The first-order valence-electron chi connectivity index (χ1n) is 8.79. The van der Waals surface area contributed by atoms with Gasteiger partial charge in [0.15, 0.2) is 17.4 Å². The van der Waals surface area contributed by atoms with Gasteiger partial charge in [-0.25, -0.2) is 13.6 Å². The number of carbonyl (C=O) groups excluding carboxylic acids is 2. The highest BCUT2D eigenvalue weighted by molar-refractivity contribution is 9.10. The van der Waals surface area contributed by atoms with Crippen molar-refractivity contribution in [2.24, 2.45) is 0 Å². The Kier molecular flexibility index (Phi) is 5.78. The fourth-order valence-corrected chi connectivity index (χ4v) is 3.83. The van der Waals surface area contributed by atoms with Crippen molar-refractivity contribution >= 4 is 39.5 Å². The van der Waals surface area contributed by atoms with Gasteiger partial charge in [-0.05, 0) is 36.7 Å². The Morgan fingerprint density at radius 1 is 1.29 bits per heavy atom. The molecule has 1 atom stereocenters. The molecule has 6 nitrogen and oxygen atoms in total. The lowest BCUT2D eigenvalue weighted by molar-refractivity contribution is 0.000893. The number of hydrogen-bond acceptors (Lipinski definition) is 4. The monoisotopic (exact) mass is 480 g/mol. The molecule has 3 rings (SSSR count). The molecule has 0 N–H and O–H groups in total. The van der Waals surface area contributed by atoms with Crippen LogP contribution < -0.4 is 4.74 Å². The third kappa shape index (κ3) is 3.91. The average molecular weight is 482 g/mol. The van der Waals surface area contributed by atoms with Crippen LogP contribution in [0.5, 0.6) is 5.75 Å². The summed E-state index contributed by atoms with van der Waals surface area (Å²) in [6.45, 7) is 6.03. The molecule has 28 heavy (non-hydrogen) atoms. The maximum atomic E-state index is 14.6. The summed E-state index contributed by atoms with van der Waals surface area (Å²) < 4.78 is 39.3. The zero-order valence-corrected chi connectivity index (χ0v) is 18.0. The van der Waals surface area contributed by atoms with E-state index in [9.17, 15) is 18.4 Å². The van der Waals surface area contributed by atoms with E-state index in [1.54, 1.807) is 20.8 Å². The standard InChI is InChI=1S/C18H20BrClF2N2O4/c1-18(2,3)28-17(26)23-5-6-24-9(8-23)4-7-27-15-10(16(24)25)13(21)14(22)11(19)12(15)20/h9H,4-8H2,1-3H3/t9-/m0/s1. The molecule has 2 heterocycles. The van der Waals surface area contributed by atoms with Gasteiger partial charge in [-0.15, -0.1) is 0 Å². The van der Waals surface area contributed by atoms with E-state index in [2.05, 4.69) is 15.9 Å². The zero-order valence-electron chi connectivity index (χ0n) is 15.7. The third-order valence-electron chi connectivity index (χ3n) is 4.53. The summed E-state index contributed by atoms with van der Waals surface area (Å²) in [7, 11) is 0. The van der Waals surface area contributed by atoms with E-state index in [0.717, 1.165) is 0 Å². The molecule has 154 valence electrons. The molecule has 0 aliphatic carbocycles. The smallest absolute Gasteiger partial charge is 0.410 e. The highest BCUT2D eigenvalue weighted by atomic mass is 79.9. The molecular formula is C18H20BrClF2N2O4. The lowest BCUT2D eigenvalue weighted by Crippen LogP contribution is -2.58. The van der Waals surface area contributed by atoms with Gasteiger partial charge in [0.1, 0.15) is 16.2 Å². The fraction of sp³-hybridized carbons (Fsp3) is 0.556. The van der Waals surface area contributed by atoms with Gasteiger partial charge in [0.25, 0.3) is 5.91 Å². The molecule has 0 saturated carbocycles. The number of hydrogen-bond donors (Lipinski definition) is 0. The molecular weight excluding hydrogens is 462 g/mol. The second kappa shape index (κ2) is 7.67. The van der Waals surface area contributed by atoms with Crippen molar-refractivity contribution in [3.8, 4) is 5.75 Å². The summed E-state index contributed by atoms with van der Waals surface area (Å²) in [6, 6.07) is -0.410. The minimum atomic E-state index is -1.31. The highest BCUT2D eigenvalue weighted by Crippen LogP contribution is 2.41. The lowest BCUT2D eigenvalue weighted by atomic mass is 10.0. The molecule has 0 bridgehead atoms. The van der Waals surface area contributed by atoms with Crippen molar-refractivity contribution in [2.75, 3.05) is 26.2 Å². The number of amides is 2. The quantitative estimate of drug-likeness (QED) is 0.411. The minimum absolute atomic E-state index is 0.126. The largest absolute Gasteiger partial charge is 0.491 e. The van der Waals surface area contributed by atoms with Crippen molar-refractivity contribution in [1.82, 2.24) is 9.80 Å². The second-order valence-corrected chi connectivity index (χ2v) is 8.85. The van der Waals surface area contributed by atoms with Crippen LogP contribution in [-0.4, -0.2) is 59.7 Å². The Bertz CT molecular complexity index is 831. The van der Waals surface area contributed by atoms with Gasteiger partial charge in [-0.1, -0.05) is 11.6 Å². The van der Waals surface area contributed by atoms with E-state index in [1.807, 2.05) is 0 Å². The van der Waals surface area contributed by atoms with E-state index in [-0.39, 0.29) is 41.5 Å². The first-order valence-corrected chi connectivity index (χ1v) is 9.96. The van der Waals surface area contributed by atoms with Gasteiger partial charge in [0.2, 0.25) is 0 Å². The first kappa shape index (κ1) is 21.1. The number of benzene rings is 1. The molecule has 10 heteroatoms. The van der Waals surface area contributed by atoms with Crippen molar-refractivity contribution in [1.29, 1.82) is 0 Å². The summed E-state index contributed by atoms with van der Waals surface area (Å²) in [6.07, 6.45) is -0.0792. The number of nitrogens with zero attached hydrogens (tertiary/aromatic N) is 2. The molecule has 0 unspecified atom stereocenters. The molecule has 0 spiro atoms. The molecule has 0 aromatic heterocycles. The van der Waals surface area contributed by atoms with E-state index >= 15 is 0 Å². The van der Waals surface area contributed by atoms with E-state index in [4.69, 9.17) is 21.1 Å². The predicted molar refractivity (Wildman–Crippen MR) is 102 cm³/mol. The van der Waals surface area contributed by atoms with Crippen LogP contribution in [0, 0.1) is 11.6 Å². The van der Waals surface area contributed by atoms with Crippen LogP contribution in [0.25, 0.3) is 0 Å². The second-order valence-electron chi connectivity index (χ2n) is 7.68. The average Bonchev–Trinajstić information content (AvgIpc) is 2.61. The van der Waals surface area contributed by atoms with Gasteiger partial charge >= 0.3 is 6.09 Å². The first-order chi connectivity index (χ1) is 13.0. The van der Waals surface area contributed by atoms with Gasteiger partial charge in [0, 0.05) is 26.1 Å². The molecule has 0 radical (unpaired) electrons. The number of carbonyl (C=O) groups is 2. The van der Waals surface area contributed by atoms with Crippen LogP contribution >= 0.6 is 27.5 Å². The maximum Gasteiger partial charge on any atom is 0.410 e.